The molecule has 0 aliphatic carbocycles. The fraction of sp³-hybridized carbons (Fsp3) is 0.263. The van der Waals surface area contributed by atoms with Crippen molar-refractivity contribution in [2.45, 2.75) is 25.8 Å². The Labute approximate surface area is 160 Å². The predicted molar refractivity (Wildman–Crippen MR) is 101 cm³/mol. The molecular weight excluding hydrogens is 358 g/mol. The molecule has 9 heteroatoms. The van der Waals surface area contributed by atoms with Crippen LogP contribution in [0.4, 0.5) is 4.79 Å². The van der Waals surface area contributed by atoms with Gasteiger partial charge in [0.1, 0.15) is 11.6 Å². The summed E-state index contributed by atoms with van der Waals surface area (Å²) in [5, 5.41) is 9.20. The first-order valence-corrected chi connectivity index (χ1v) is 9.12. The summed E-state index contributed by atoms with van der Waals surface area (Å²) < 4.78 is 1.94. The number of nitrogens with zero attached hydrogens (tertiary/aromatic N) is 5. The van der Waals surface area contributed by atoms with E-state index in [9.17, 15) is 9.90 Å². The summed E-state index contributed by atoms with van der Waals surface area (Å²) in [6.45, 7) is 2.86. The van der Waals surface area contributed by atoms with Crippen LogP contribution in [0.5, 0.6) is 0 Å². The zero-order valence-electron chi connectivity index (χ0n) is 15.3. The average Bonchev–Trinajstić information content (AvgIpc) is 3.44. The molecule has 0 spiro atoms. The van der Waals surface area contributed by atoms with Gasteiger partial charge in [-0.25, -0.2) is 19.7 Å². The van der Waals surface area contributed by atoms with E-state index in [0.29, 0.717) is 19.5 Å². The lowest BCUT2D eigenvalue weighted by atomic mass is 10.1. The number of aromatic nitrogens is 6. The highest BCUT2D eigenvalue weighted by atomic mass is 16.4. The Kier molecular flexibility index (Phi) is 3.68. The van der Waals surface area contributed by atoms with E-state index in [0.717, 1.165) is 39.8 Å². The maximum absolute atomic E-state index is 11.2. The Morgan fingerprint density at radius 1 is 1.25 bits per heavy atom. The van der Waals surface area contributed by atoms with E-state index in [1.165, 1.54) is 4.90 Å². The summed E-state index contributed by atoms with van der Waals surface area (Å²) in [6, 6.07) is 6.03. The zero-order chi connectivity index (χ0) is 19.3. The van der Waals surface area contributed by atoms with Gasteiger partial charge in [0.2, 0.25) is 0 Å². The second-order valence-corrected chi connectivity index (χ2v) is 7.02. The largest absolute Gasteiger partial charge is 0.465 e. The van der Waals surface area contributed by atoms with Gasteiger partial charge in [0.25, 0.3) is 0 Å². The lowest BCUT2D eigenvalue weighted by Gasteiger charge is -2.22. The van der Waals surface area contributed by atoms with Crippen LogP contribution in [0.1, 0.15) is 35.9 Å². The van der Waals surface area contributed by atoms with Gasteiger partial charge in [-0.15, -0.1) is 0 Å². The topological polar surface area (TPSA) is 116 Å². The van der Waals surface area contributed by atoms with Crippen molar-refractivity contribution in [3.63, 3.8) is 0 Å². The molecule has 0 bridgehead atoms. The maximum Gasteiger partial charge on any atom is 0.407 e. The van der Waals surface area contributed by atoms with Crippen LogP contribution in [0.25, 0.3) is 16.7 Å². The van der Waals surface area contributed by atoms with Gasteiger partial charge in [0, 0.05) is 31.0 Å². The minimum atomic E-state index is -0.902. The van der Waals surface area contributed by atoms with Crippen molar-refractivity contribution in [2.24, 2.45) is 0 Å². The summed E-state index contributed by atoms with van der Waals surface area (Å²) in [7, 11) is 0. The Bertz CT molecular complexity index is 1160. The molecular formula is C19H19N7O2. The molecule has 0 saturated heterocycles. The van der Waals surface area contributed by atoms with E-state index >= 15 is 0 Å². The molecule has 1 unspecified atom stereocenters. The van der Waals surface area contributed by atoms with Gasteiger partial charge in [-0.3, -0.25) is 0 Å². The molecule has 4 aromatic rings. The van der Waals surface area contributed by atoms with Gasteiger partial charge < -0.3 is 24.5 Å². The number of rotatable bonds is 3. The lowest BCUT2D eigenvalue weighted by molar-refractivity contribution is 0.139. The van der Waals surface area contributed by atoms with E-state index in [4.69, 9.17) is 9.97 Å². The summed E-state index contributed by atoms with van der Waals surface area (Å²) in [6.07, 6.45) is 5.12. The SMILES string of the molecule is CC(c1nc2c([nH]1)CN(C(=O)O)CC2)c1nc2ccc(-n3ccnc3)cc2[nH]1. The summed E-state index contributed by atoms with van der Waals surface area (Å²) >= 11 is 0. The number of hydrogen-bond acceptors (Lipinski definition) is 4. The van der Waals surface area contributed by atoms with Gasteiger partial charge in [0.15, 0.2) is 0 Å². The van der Waals surface area contributed by atoms with Gasteiger partial charge >= 0.3 is 6.09 Å². The highest BCUT2D eigenvalue weighted by Gasteiger charge is 2.25. The molecule has 1 atom stereocenters. The third kappa shape index (κ3) is 2.72. The standard InChI is InChI=1S/C19H19N7O2/c1-11(18-22-14-4-6-25(19(27)28)9-16(14)24-18)17-21-13-3-2-12(8-15(13)23-17)26-7-5-20-10-26/h2-3,5,7-8,10-11H,4,6,9H2,1H3,(H,21,23)(H,22,24)(H,27,28). The highest BCUT2D eigenvalue weighted by Crippen LogP contribution is 2.26. The Morgan fingerprint density at radius 3 is 2.89 bits per heavy atom. The lowest BCUT2D eigenvalue weighted by Crippen LogP contribution is -2.34. The van der Waals surface area contributed by atoms with Crippen LogP contribution in [0.2, 0.25) is 0 Å². The smallest absolute Gasteiger partial charge is 0.407 e. The number of carboxylic acid groups (broad SMARTS) is 1. The minimum Gasteiger partial charge on any atom is -0.465 e. The fourth-order valence-corrected chi connectivity index (χ4v) is 3.61. The van der Waals surface area contributed by atoms with Crippen molar-refractivity contribution in [3.8, 4) is 5.69 Å². The van der Waals surface area contributed by atoms with Gasteiger partial charge in [-0.05, 0) is 25.1 Å². The van der Waals surface area contributed by atoms with Crippen LogP contribution >= 0.6 is 0 Å². The monoisotopic (exact) mass is 377 g/mol. The number of amides is 1. The molecule has 4 heterocycles. The molecule has 1 aliphatic heterocycles. The molecule has 1 aliphatic rings. The first-order chi connectivity index (χ1) is 13.6. The minimum absolute atomic E-state index is 0.0621. The van der Waals surface area contributed by atoms with Crippen molar-refractivity contribution in [3.05, 3.63) is 60.0 Å². The average molecular weight is 377 g/mol. The number of imidazole rings is 3. The maximum atomic E-state index is 11.2. The van der Waals surface area contributed by atoms with E-state index in [1.54, 1.807) is 12.5 Å². The van der Waals surface area contributed by atoms with Gasteiger partial charge in [0.05, 0.1) is 41.2 Å². The fourth-order valence-electron chi connectivity index (χ4n) is 3.61. The number of carbonyl (C=O) groups is 1. The molecule has 0 fully saturated rings. The quantitative estimate of drug-likeness (QED) is 0.508. The van der Waals surface area contributed by atoms with Crippen LogP contribution in [0, 0.1) is 0 Å². The van der Waals surface area contributed by atoms with Crippen molar-refractivity contribution < 1.29 is 9.90 Å². The van der Waals surface area contributed by atoms with Crippen LogP contribution < -0.4 is 0 Å². The van der Waals surface area contributed by atoms with Crippen LogP contribution in [0.15, 0.2) is 36.9 Å². The first kappa shape index (κ1) is 16.5. The molecule has 5 rings (SSSR count). The first-order valence-electron chi connectivity index (χ1n) is 9.12. The van der Waals surface area contributed by atoms with Crippen LogP contribution in [-0.2, 0) is 13.0 Å². The summed E-state index contributed by atoms with van der Waals surface area (Å²) in [5.41, 5.74) is 4.66. The van der Waals surface area contributed by atoms with Crippen LogP contribution in [0.3, 0.4) is 0 Å². The Morgan fingerprint density at radius 2 is 2.11 bits per heavy atom. The Hall–Kier alpha value is -3.62. The summed E-state index contributed by atoms with van der Waals surface area (Å²) in [4.78, 5) is 32.8. The predicted octanol–water partition coefficient (Wildman–Crippen LogP) is 2.66. The second kappa shape index (κ2) is 6.22. The molecule has 142 valence electrons. The van der Waals surface area contributed by atoms with E-state index in [2.05, 4.69) is 15.0 Å². The van der Waals surface area contributed by atoms with Gasteiger partial charge in [-0.2, -0.15) is 0 Å². The molecule has 3 aromatic heterocycles. The molecule has 0 radical (unpaired) electrons. The van der Waals surface area contributed by atoms with E-state index in [1.807, 2.05) is 35.9 Å². The van der Waals surface area contributed by atoms with E-state index in [-0.39, 0.29) is 5.92 Å². The molecule has 9 nitrogen and oxygen atoms in total. The number of fused-ring (bicyclic) bond motifs is 2. The van der Waals surface area contributed by atoms with Crippen molar-refractivity contribution in [1.29, 1.82) is 0 Å². The van der Waals surface area contributed by atoms with Crippen molar-refractivity contribution in [1.82, 2.24) is 34.4 Å². The molecule has 3 N–H and O–H groups in total. The number of aromatic amines is 2. The van der Waals surface area contributed by atoms with Crippen molar-refractivity contribution in [2.75, 3.05) is 6.54 Å². The Balaban J connectivity index is 1.45. The molecule has 1 amide bonds. The van der Waals surface area contributed by atoms with Crippen molar-refractivity contribution >= 4 is 17.1 Å². The number of nitrogens with one attached hydrogen (secondary N) is 2. The van der Waals surface area contributed by atoms with Gasteiger partial charge in [-0.1, -0.05) is 0 Å². The molecule has 1 aromatic carbocycles. The molecule has 0 saturated carbocycles. The normalized spacial score (nSPS) is 15.0. The second-order valence-electron chi connectivity index (χ2n) is 7.02. The third-order valence-electron chi connectivity index (χ3n) is 5.23. The highest BCUT2D eigenvalue weighted by molar-refractivity contribution is 5.77. The zero-order valence-corrected chi connectivity index (χ0v) is 15.3. The molecule has 28 heavy (non-hydrogen) atoms. The third-order valence-corrected chi connectivity index (χ3v) is 5.23. The van der Waals surface area contributed by atoms with E-state index < -0.39 is 6.09 Å². The number of benzene rings is 1. The summed E-state index contributed by atoms with van der Waals surface area (Å²) in [5.74, 6) is 1.55. The van der Waals surface area contributed by atoms with Crippen LogP contribution in [-0.4, -0.2) is 52.1 Å². The number of hydrogen-bond donors (Lipinski definition) is 3. The number of H-pyrrole nitrogens is 2.